The van der Waals surface area contributed by atoms with E-state index in [9.17, 15) is 0 Å². The first-order valence-electron chi connectivity index (χ1n) is 8.94. The summed E-state index contributed by atoms with van der Waals surface area (Å²) in [5.41, 5.74) is 3.85. The molecule has 0 amide bonds. The Balaban J connectivity index is 1.49. The number of para-hydroxylation sites is 2. The highest BCUT2D eigenvalue weighted by atomic mass is 15.0. The Morgan fingerprint density at radius 2 is 1.40 bits per heavy atom. The van der Waals surface area contributed by atoms with Crippen LogP contribution in [0.2, 0.25) is 0 Å². The number of benzene rings is 2. The molecule has 124 valence electrons. The number of rotatable bonds is 6. The molecule has 0 radical (unpaired) electrons. The number of fused-ring (bicyclic) bond motifs is 3. The summed E-state index contributed by atoms with van der Waals surface area (Å²) in [4.78, 5) is 0. The van der Waals surface area contributed by atoms with E-state index in [1.807, 2.05) is 6.08 Å². The molecule has 0 aliphatic rings. The van der Waals surface area contributed by atoms with Crippen LogP contribution in [0.3, 0.4) is 0 Å². The second kappa shape index (κ2) is 6.94. The van der Waals surface area contributed by atoms with Crippen LogP contribution in [0.25, 0.3) is 27.9 Å². The number of pyridine rings is 1. The fraction of sp³-hybridized carbons (Fsp3) is 0.174. The van der Waals surface area contributed by atoms with Crippen LogP contribution in [0.15, 0.2) is 79.6 Å². The maximum absolute atomic E-state index is 3.80. The Morgan fingerprint density at radius 3 is 2.00 bits per heavy atom. The van der Waals surface area contributed by atoms with Gasteiger partial charge in [-0.2, -0.15) is 0 Å². The molecule has 0 fully saturated rings. The molecular weight excluding hydrogens is 304 g/mol. The Kier molecular flexibility index (Phi) is 4.34. The molecule has 0 saturated carbocycles. The van der Waals surface area contributed by atoms with Gasteiger partial charge in [0.25, 0.3) is 0 Å². The quantitative estimate of drug-likeness (QED) is 0.340. The molecule has 2 aromatic heterocycles. The van der Waals surface area contributed by atoms with E-state index in [1.54, 1.807) is 0 Å². The summed E-state index contributed by atoms with van der Waals surface area (Å²) >= 11 is 0. The van der Waals surface area contributed by atoms with Gasteiger partial charge in [0.15, 0.2) is 12.4 Å². The summed E-state index contributed by atoms with van der Waals surface area (Å²) < 4.78 is 4.72. The summed E-state index contributed by atoms with van der Waals surface area (Å²) in [5, 5.41) is 2.71. The van der Waals surface area contributed by atoms with Crippen molar-refractivity contribution in [2.75, 3.05) is 0 Å². The van der Waals surface area contributed by atoms with Gasteiger partial charge < -0.3 is 4.57 Å². The summed E-state index contributed by atoms with van der Waals surface area (Å²) in [6.45, 7) is 5.91. The van der Waals surface area contributed by atoms with Gasteiger partial charge in [-0.05, 0) is 24.1 Å². The van der Waals surface area contributed by atoms with Crippen molar-refractivity contribution < 1.29 is 4.57 Å². The molecule has 0 bridgehead atoms. The van der Waals surface area contributed by atoms with Crippen molar-refractivity contribution in [2.24, 2.45) is 0 Å². The lowest BCUT2D eigenvalue weighted by Gasteiger charge is -2.06. The molecule has 0 aliphatic heterocycles. The maximum atomic E-state index is 3.80. The molecule has 0 aliphatic carbocycles. The fourth-order valence-electron chi connectivity index (χ4n) is 3.56. The van der Waals surface area contributed by atoms with E-state index < -0.39 is 0 Å². The van der Waals surface area contributed by atoms with Crippen LogP contribution in [0.5, 0.6) is 0 Å². The standard InChI is InChI=1S/C23H23N2/c1-2-19-13-17-24(18-14-19)15-7-8-16-25-22-11-5-3-9-20(22)21-10-4-6-12-23(21)25/h2-6,9-14,17-18H,1,7-8,15-16H2/q+1. The zero-order chi connectivity index (χ0) is 17.1. The summed E-state index contributed by atoms with van der Waals surface area (Å²) in [7, 11) is 0. The normalized spacial score (nSPS) is 11.2. The van der Waals surface area contributed by atoms with Crippen molar-refractivity contribution in [1.29, 1.82) is 0 Å². The van der Waals surface area contributed by atoms with E-state index in [2.05, 4.69) is 88.8 Å². The molecule has 2 aromatic carbocycles. The first kappa shape index (κ1) is 15.6. The average molecular weight is 327 g/mol. The van der Waals surface area contributed by atoms with Crippen LogP contribution in [0.1, 0.15) is 18.4 Å². The average Bonchev–Trinajstić information content (AvgIpc) is 3.00. The summed E-state index contributed by atoms with van der Waals surface area (Å²) in [6.07, 6.45) is 8.49. The van der Waals surface area contributed by atoms with E-state index in [4.69, 9.17) is 0 Å². The first-order chi connectivity index (χ1) is 12.4. The molecule has 4 rings (SSSR count). The maximum Gasteiger partial charge on any atom is 0.169 e. The molecular formula is C23H23N2+. The number of aromatic nitrogens is 2. The highest BCUT2D eigenvalue weighted by molar-refractivity contribution is 6.07. The predicted octanol–water partition coefficient (Wildman–Crippen LogP) is 5.21. The van der Waals surface area contributed by atoms with Crippen LogP contribution in [-0.4, -0.2) is 4.57 Å². The number of unbranched alkanes of at least 4 members (excludes halogenated alkanes) is 1. The number of hydrogen-bond acceptors (Lipinski definition) is 0. The lowest BCUT2D eigenvalue weighted by molar-refractivity contribution is -0.697. The van der Waals surface area contributed by atoms with Gasteiger partial charge in [0.1, 0.15) is 6.54 Å². The van der Waals surface area contributed by atoms with Crippen LogP contribution >= 0.6 is 0 Å². The predicted molar refractivity (Wildman–Crippen MR) is 105 cm³/mol. The largest absolute Gasteiger partial charge is 0.340 e. The van der Waals surface area contributed by atoms with Crippen molar-refractivity contribution >= 4 is 27.9 Å². The van der Waals surface area contributed by atoms with Gasteiger partial charge in [0, 0.05) is 46.9 Å². The van der Waals surface area contributed by atoms with E-state index in [0.29, 0.717) is 0 Å². The van der Waals surface area contributed by atoms with Gasteiger partial charge in [-0.15, -0.1) is 0 Å². The second-order valence-corrected chi connectivity index (χ2v) is 6.47. The molecule has 0 atom stereocenters. The molecule has 4 aromatic rings. The minimum Gasteiger partial charge on any atom is -0.340 e. The van der Waals surface area contributed by atoms with Crippen LogP contribution in [0, 0.1) is 0 Å². The smallest absolute Gasteiger partial charge is 0.169 e. The van der Waals surface area contributed by atoms with Gasteiger partial charge in [-0.25, -0.2) is 4.57 Å². The minimum absolute atomic E-state index is 1.05. The van der Waals surface area contributed by atoms with Crippen LogP contribution < -0.4 is 4.57 Å². The number of nitrogens with zero attached hydrogens (tertiary/aromatic N) is 2. The van der Waals surface area contributed by atoms with E-state index in [0.717, 1.165) is 13.1 Å². The zero-order valence-electron chi connectivity index (χ0n) is 14.4. The molecule has 0 N–H and O–H groups in total. The molecule has 2 nitrogen and oxygen atoms in total. The van der Waals surface area contributed by atoms with Crippen molar-refractivity contribution in [3.05, 3.63) is 85.2 Å². The van der Waals surface area contributed by atoms with Gasteiger partial charge in [-0.1, -0.05) is 49.1 Å². The van der Waals surface area contributed by atoms with Crippen molar-refractivity contribution in [2.45, 2.75) is 25.9 Å². The monoisotopic (exact) mass is 327 g/mol. The zero-order valence-corrected chi connectivity index (χ0v) is 14.4. The third-order valence-corrected chi connectivity index (χ3v) is 4.88. The van der Waals surface area contributed by atoms with Crippen molar-refractivity contribution in [1.82, 2.24) is 4.57 Å². The molecule has 2 heteroatoms. The Bertz CT molecular complexity index is 956. The van der Waals surface area contributed by atoms with Crippen molar-refractivity contribution in [3.8, 4) is 0 Å². The summed E-state index contributed by atoms with van der Waals surface area (Å²) in [6, 6.07) is 21.7. The first-order valence-corrected chi connectivity index (χ1v) is 8.94. The SMILES string of the molecule is C=Cc1cc[n+](CCCCn2c3ccccc3c3ccccc32)cc1. The van der Waals surface area contributed by atoms with E-state index in [-0.39, 0.29) is 0 Å². The minimum atomic E-state index is 1.05. The number of aryl methyl sites for hydroxylation is 2. The van der Waals surface area contributed by atoms with Crippen molar-refractivity contribution in [3.63, 3.8) is 0 Å². The van der Waals surface area contributed by atoms with E-state index >= 15 is 0 Å². The molecule has 25 heavy (non-hydrogen) atoms. The van der Waals surface area contributed by atoms with Gasteiger partial charge in [0.2, 0.25) is 0 Å². The topological polar surface area (TPSA) is 8.81 Å². The highest BCUT2D eigenvalue weighted by Crippen LogP contribution is 2.28. The highest BCUT2D eigenvalue weighted by Gasteiger charge is 2.09. The molecule has 2 heterocycles. The molecule has 0 saturated heterocycles. The molecule has 0 spiro atoms. The Morgan fingerprint density at radius 1 is 0.800 bits per heavy atom. The molecule has 0 unspecified atom stereocenters. The van der Waals surface area contributed by atoms with Crippen LogP contribution in [-0.2, 0) is 13.1 Å². The second-order valence-electron chi connectivity index (χ2n) is 6.47. The lowest BCUT2D eigenvalue weighted by atomic mass is 10.2. The third-order valence-electron chi connectivity index (χ3n) is 4.88. The third kappa shape index (κ3) is 3.08. The summed E-state index contributed by atoms with van der Waals surface area (Å²) in [5.74, 6) is 0. The van der Waals surface area contributed by atoms with Gasteiger partial charge in [0.05, 0.1) is 0 Å². The van der Waals surface area contributed by atoms with E-state index in [1.165, 1.54) is 40.2 Å². The Labute approximate surface area is 148 Å². The Hall–Kier alpha value is -2.87. The van der Waals surface area contributed by atoms with Crippen LogP contribution in [0.4, 0.5) is 0 Å². The van der Waals surface area contributed by atoms with Gasteiger partial charge in [-0.3, -0.25) is 0 Å². The van der Waals surface area contributed by atoms with Gasteiger partial charge >= 0.3 is 0 Å². The lowest BCUT2D eigenvalue weighted by Crippen LogP contribution is -2.32. The number of hydrogen-bond donors (Lipinski definition) is 0. The fourth-order valence-corrected chi connectivity index (χ4v) is 3.56.